The molecule has 1 fully saturated rings. The fourth-order valence-corrected chi connectivity index (χ4v) is 3.97. The van der Waals surface area contributed by atoms with E-state index in [1.807, 2.05) is 18.7 Å². The zero-order valence-corrected chi connectivity index (χ0v) is 16.6. The summed E-state index contributed by atoms with van der Waals surface area (Å²) in [5.41, 5.74) is 3.83. The molecule has 0 bridgehead atoms. The fraction of sp³-hybridized carbons (Fsp3) is 0.364. The van der Waals surface area contributed by atoms with Crippen LogP contribution in [0.1, 0.15) is 46.8 Å². The highest BCUT2D eigenvalue weighted by Gasteiger charge is 2.29. The Labute approximate surface area is 168 Å². The summed E-state index contributed by atoms with van der Waals surface area (Å²) in [7, 11) is 0. The minimum absolute atomic E-state index is 0.0388. The summed E-state index contributed by atoms with van der Waals surface area (Å²) in [6.45, 7) is 4.48. The van der Waals surface area contributed by atoms with Crippen molar-refractivity contribution in [3.8, 4) is 11.3 Å². The number of hydrogen-bond acceptors (Lipinski definition) is 5. The van der Waals surface area contributed by atoms with Crippen LogP contribution < -0.4 is 0 Å². The van der Waals surface area contributed by atoms with E-state index in [-0.39, 0.29) is 17.8 Å². The number of aromatic nitrogens is 3. The second-order valence-corrected chi connectivity index (χ2v) is 7.43. The maximum atomic E-state index is 13.1. The first-order chi connectivity index (χ1) is 14.0. The molecule has 1 aliphatic rings. The molecule has 0 radical (unpaired) electrons. The van der Waals surface area contributed by atoms with Gasteiger partial charge in [-0.2, -0.15) is 0 Å². The van der Waals surface area contributed by atoms with Gasteiger partial charge < -0.3 is 9.42 Å². The fourth-order valence-electron chi connectivity index (χ4n) is 3.97. The molecule has 1 saturated heterocycles. The van der Waals surface area contributed by atoms with Crippen molar-refractivity contribution in [1.29, 1.82) is 0 Å². The number of hydrogen-bond donors (Lipinski definition) is 0. The number of carbonyl (C=O) groups is 1. The first-order valence-corrected chi connectivity index (χ1v) is 9.83. The standard InChI is InChI=1S/C22H23FN4O2/c1-14-21(15(2)29-26-14)20-13-24-12-18(25-20)9-10-19-4-3-11-27(19)22(28)16-5-7-17(23)8-6-16/h5-8,12-13,19H,3-4,9-11H2,1-2H3. The maximum absolute atomic E-state index is 13.1. The summed E-state index contributed by atoms with van der Waals surface area (Å²) in [4.78, 5) is 23.8. The molecule has 1 atom stereocenters. The number of amides is 1. The lowest BCUT2D eigenvalue weighted by Crippen LogP contribution is -2.35. The van der Waals surface area contributed by atoms with Gasteiger partial charge in [0, 0.05) is 24.3 Å². The normalized spacial score (nSPS) is 16.4. The Hall–Kier alpha value is -3.09. The Bertz CT molecular complexity index is 996. The molecule has 1 aliphatic heterocycles. The van der Waals surface area contributed by atoms with Crippen LogP contribution in [0, 0.1) is 19.7 Å². The molecule has 0 saturated carbocycles. The molecule has 1 amide bonds. The lowest BCUT2D eigenvalue weighted by Gasteiger charge is -2.24. The first-order valence-electron chi connectivity index (χ1n) is 9.83. The van der Waals surface area contributed by atoms with Crippen LogP contribution in [0.15, 0.2) is 41.2 Å². The third-order valence-electron chi connectivity index (χ3n) is 5.44. The van der Waals surface area contributed by atoms with Gasteiger partial charge in [0.1, 0.15) is 11.6 Å². The van der Waals surface area contributed by atoms with Crippen molar-refractivity contribution in [3.05, 3.63) is 65.2 Å². The van der Waals surface area contributed by atoms with Crippen molar-refractivity contribution < 1.29 is 13.7 Å². The average Bonchev–Trinajstić information content (AvgIpc) is 3.33. The summed E-state index contributed by atoms with van der Waals surface area (Å²) in [5.74, 6) is 0.347. The number of carbonyl (C=O) groups excluding carboxylic acids is 1. The van der Waals surface area contributed by atoms with Crippen LogP contribution in [-0.4, -0.2) is 38.5 Å². The molecule has 0 spiro atoms. The van der Waals surface area contributed by atoms with E-state index in [1.54, 1.807) is 24.5 Å². The summed E-state index contributed by atoms with van der Waals surface area (Å²) < 4.78 is 18.4. The van der Waals surface area contributed by atoms with Gasteiger partial charge in [-0.15, -0.1) is 0 Å². The van der Waals surface area contributed by atoms with Gasteiger partial charge in [-0.25, -0.2) is 9.37 Å². The Kier molecular flexibility index (Phi) is 5.38. The second-order valence-electron chi connectivity index (χ2n) is 7.43. The van der Waals surface area contributed by atoms with Crippen molar-refractivity contribution in [2.45, 2.75) is 45.6 Å². The van der Waals surface area contributed by atoms with E-state index in [9.17, 15) is 9.18 Å². The monoisotopic (exact) mass is 394 g/mol. The highest BCUT2D eigenvalue weighted by molar-refractivity contribution is 5.94. The van der Waals surface area contributed by atoms with Crippen molar-refractivity contribution in [2.75, 3.05) is 6.54 Å². The molecule has 0 N–H and O–H groups in total. The van der Waals surface area contributed by atoms with Gasteiger partial charge in [0.15, 0.2) is 0 Å². The SMILES string of the molecule is Cc1noc(C)c1-c1cncc(CCC2CCCN2C(=O)c2ccc(F)cc2)n1. The maximum Gasteiger partial charge on any atom is 0.254 e. The van der Waals surface area contributed by atoms with Crippen molar-refractivity contribution >= 4 is 5.91 Å². The third kappa shape index (κ3) is 4.04. The van der Waals surface area contributed by atoms with Crippen molar-refractivity contribution in [2.24, 2.45) is 0 Å². The summed E-state index contributed by atoms with van der Waals surface area (Å²) >= 11 is 0. The van der Waals surface area contributed by atoms with Gasteiger partial charge >= 0.3 is 0 Å². The van der Waals surface area contributed by atoms with Gasteiger partial charge in [0.05, 0.1) is 28.8 Å². The third-order valence-corrected chi connectivity index (χ3v) is 5.44. The van der Waals surface area contributed by atoms with Crippen LogP contribution in [0.3, 0.4) is 0 Å². The second kappa shape index (κ2) is 8.11. The van der Waals surface area contributed by atoms with Crippen LogP contribution in [0.5, 0.6) is 0 Å². The zero-order valence-electron chi connectivity index (χ0n) is 16.6. The average molecular weight is 394 g/mol. The molecule has 6 nitrogen and oxygen atoms in total. The van der Waals surface area contributed by atoms with Gasteiger partial charge in [0.2, 0.25) is 0 Å². The van der Waals surface area contributed by atoms with Gasteiger partial charge in [0.25, 0.3) is 5.91 Å². The van der Waals surface area contributed by atoms with E-state index in [2.05, 4.69) is 10.1 Å². The molecule has 0 aliphatic carbocycles. The van der Waals surface area contributed by atoms with Crippen molar-refractivity contribution in [1.82, 2.24) is 20.0 Å². The number of likely N-dealkylation sites (tertiary alicyclic amines) is 1. The Morgan fingerprint density at radius 3 is 2.76 bits per heavy atom. The molecule has 1 unspecified atom stereocenters. The molecule has 1 aromatic carbocycles. The number of rotatable bonds is 5. The quantitative estimate of drug-likeness (QED) is 0.651. The van der Waals surface area contributed by atoms with E-state index in [1.165, 1.54) is 12.1 Å². The Morgan fingerprint density at radius 1 is 1.24 bits per heavy atom. The van der Waals surface area contributed by atoms with Crippen LogP contribution in [0.2, 0.25) is 0 Å². The molecule has 2 aromatic heterocycles. The topological polar surface area (TPSA) is 72.1 Å². The van der Waals surface area contributed by atoms with Gasteiger partial charge in [-0.3, -0.25) is 9.78 Å². The van der Waals surface area contributed by atoms with E-state index in [0.29, 0.717) is 5.56 Å². The summed E-state index contributed by atoms with van der Waals surface area (Å²) in [5, 5.41) is 3.98. The van der Waals surface area contributed by atoms with Crippen LogP contribution in [0.4, 0.5) is 4.39 Å². The lowest BCUT2D eigenvalue weighted by atomic mass is 10.1. The highest BCUT2D eigenvalue weighted by atomic mass is 19.1. The molecule has 7 heteroatoms. The minimum Gasteiger partial charge on any atom is -0.361 e. The summed E-state index contributed by atoms with van der Waals surface area (Å²) in [6.07, 6.45) is 6.96. The Morgan fingerprint density at radius 2 is 2.03 bits per heavy atom. The molecular weight excluding hydrogens is 371 g/mol. The number of nitrogens with zero attached hydrogens (tertiary/aromatic N) is 4. The molecule has 29 heavy (non-hydrogen) atoms. The molecule has 150 valence electrons. The lowest BCUT2D eigenvalue weighted by molar-refractivity contribution is 0.0730. The zero-order chi connectivity index (χ0) is 20.4. The van der Waals surface area contributed by atoms with Crippen LogP contribution in [0.25, 0.3) is 11.3 Å². The number of aryl methyl sites for hydroxylation is 3. The van der Waals surface area contributed by atoms with E-state index >= 15 is 0 Å². The molecule has 3 aromatic rings. The van der Waals surface area contributed by atoms with Gasteiger partial charge in [-0.05, 0) is 63.8 Å². The predicted octanol–water partition coefficient (Wildman–Crippen LogP) is 4.12. The predicted molar refractivity (Wildman–Crippen MR) is 106 cm³/mol. The smallest absolute Gasteiger partial charge is 0.254 e. The minimum atomic E-state index is -0.337. The highest BCUT2D eigenvalue weighted by Crippen LogP contribution is 2.26. The molecule has 4 rings (SSSR count). The number of halogens is 1. The van der Waals surface area contributed by atoms with Gasteiger partial charge in [-0.1, -0.05) is 5.16 Å². The van der Waals surface area contributed by atoms with E-state index in [0.717, 1.165) is 60.6 Å². The van der Waals surface area contributed by atoms with Crippen LogP contribution >= 0.6 is 0 Å². The van der Waals surface area contributed by atoms with E-state index in [4.69, 9.17) is 9.51 Å². The Balaban J connectivity index is 1.45. The molecule has 3 heterocycles. The summed E-state index contributed by atoms with van der Waals surface area (Å²) in [6, 6.07) is 5.90. The number of benzene rings is 1. The first kappa shape index (κ1) is 19.2. The molecular formula is C22H23FN4O2. The largest absolute Gasteiger partial charge is 0.361 e. The van der Waals surface area contributed by atoms with Crippen molar-refractivity contribution in [3.63, 3.8) is 0 Å². The van der Waals surface area contributed by atoms with E-state index < -0.39 is 0 Å². The van der Waals surface area contributed by atoms with Crippen LogP contribution in [-0.2, 0) is 6.42 Å².